The number of anilines is 1. The molecule has 0 spiro atoms. The Bertz CT molecular complexity index is 359. The minimum atomic E-state index is 0.568. The van der Waals surface area contributed by atoms with Crippen molar-refractivity contribution in [3.05, 3.63) is 23.9 Å². The Kier molecular flexibility index (Phi) is 3.54. The fourth-order valence-corrected chi connectivity index (χ4v) is 2.54. The van der Waals surface area contributed by atoms with Crippen LogP contribution >= 0.6 is 0 Å². The van der Waals surface area contributed by atoms with Crippen molar-refractivity contribution in [2.24, 2.45) is 0 Å². The third kappa shape index (κ3) is 2.08. The minimum absolute atomic E-state index is 0.568. The molecule has 1 aliphatic rings. The molecule has 1 fully saturated rings. The van der Waals surface area contributed by atoms with E-state index in [0.717, 1.165) is 18.6 Å². The second-order valence-corrected chi connectivity index (χ2v) is 4.26. The molecule has 1 aromatic heterocycles. The largest absolute Gasteiger partial charge is 0.353 e. The predicted molar refractivity (Wildman–Crippen MR) is 64.9 cm³/mol. The standard InChI is InChI=1S/C13H18N2O/c1-2-15(12-7-3-4-8-12)13-11(10-16)6-5-9-14-13/h5-6,9-10,12H,2-4,7-8H2,1H3. The van der Waals surface area contributed by atoms with E-state index in [0.29, 0.717) is 11.6 Å². The van der Waals surface area contributed by atoms with Crippen LogP contribution in [0.3, 0.4) is 0 Å². The van der Waals surface area contributed by atoms with E-state index in [-0.39, 0.29) is 0 Å². The molecule has 2 rings (SSSR count). The molecule has 1 aliphatic carbocycles. The summed E-state index contributed by atoms with van der Waals surface area (Å²) in [5.74, 6) is 0.854. The van der Waals surface area contributed by atoms with Crippen LogP contribution in [0.5, 0.6) is 0 Å². The average Bonchev–Trinajstić information content (AvgIpc) is 2.84. The quantitative estimate of drug-likeness (QED) is 0.728. The number of rotatable bonds is 4. The third-order valence-corrected chi connectivity index (χ3v) is 3.32. The van der Waals surface area contributed by atoms with Crippen molar-refractivity contribution in [2.45, 2.75) is 38.6 Å². The zero-order chi connectivity index (χ0) is 11.4. The molecular formula is C13H18N2O. The zero-order valence-electron chi connectivity index (χ0n) is 9.72. The van der Waals surface area contributed by atoms with Gasteiger partial charge in [-0.2, -0.15) is 0 Å². The highest BCUT2D eigenvalue weighted by molar-refractivity contribution is 5.82. The maximum absolute atomic E-state index is 11.0. The summed E-state index contributed by atoms with van der Waals surface area (Å²) >= 11 is 0. The second kappa shape index (κ2) is 5.10. The first-order valence-corrected chi connectivity index (χ1v) is 6.03. The van der Waals surface area contributed by atoms with Crippen molar-refractivity contribution in [1.82, 2.24) is 4.98 Å². The van der Waals surface area contributed by atoms with E-state index in [1.807, 2.05) is 12.1 Å². The van der Waals surface area contributed by atoms with E-state index in [4.69, 9.17) is 0 Å². The number of nitrogens with zero attached hydrogens (tertiary/aromatic N) is 2. The Labute approximate surface area is 96.5 Å². The van der Waals surface area contributed by atoms with Gasteiger partial charge >= 0.3 is 0 Å². The molecule has 0 bridgehead atoms. The molecule has 0 amide bonds. The number of aldehydes is 1. The Morgan fingerprint density at radius 2 is 2.25 bits per heavy atom. The highest BCUT2D eigenvalue weighted by Gasteiger charge is 2.23. The van der Waals surface area contributed by atoms with Gasteiger partial charge in [0, 0.05) is 18.8 Å². The van der Waals surface area contributed by atoms with Gasteiger partial charge in [0.05, 0.1) is 5.56 Å². The molecule has 0 saturated heterocycles. The molecule has 3 heteroatoms. The lowest BCUT2D eigenvalue weighted by Crippen LogP contribution is -2.34. The van der Waals surface area contributed by atoms with Crippen LogP contribution < -0.4 is 4.90 Å². The van der Waals surface area contributed by atoms with Gasteiger partial charge in [0.1, 0.15) is 5.82 Å². The lowest BCUT2D eigenvalue weighted by molar-refractivity contribution is 0.112. The predicted octanol–water partition coefficient (Wildman–Crippen LogP) is 2.66. The summed E-state index contributed by atoms with van der Waals surface area (Å²) < 4.78 is 0. The number of carbonyl (C=O) groups excluding carboxylic acids is 1. The molecule has 16 heavy (non-hydrogen) atoms. The number of carbonyl (C=O) groups is 1. The molecule has 0 aromatic carbocycles. The zero-order valence-corrected chi connectivity index (χ0v) is 9.72. The van der Waals surface area contributed by atoms with Gasteiger partial charge in [-0.1, -0.05) is 12.8 Å². The van der Waals surface area contributed by atoms with Gasteiger partial charge < -0.3 is 4.90 Å². The van der Waals surface area contributed by atoms with Crippen molar-refractivity contribution < 1.29 is 4.79 Å². The van der Waals surface area contributed by atoms with Crippen molar-refractivity contribution in [3.63, 3.8) is 0 Å². The molecule has 0 unspecified atom stereocenters. The van der Waals surface area contributed by atoms with E-state index in [1.165, 1.54) is 25.7 Å². The van der Waals surface area contributed by atoms with E-state index >= 15 is 0 Å². The van der Waals surface area contributed by atoms with E-state index in [9.17, 15) is 4.79 Å². The normalized spacial score (nSPS) is 16.3. The molecule has 3 nitrogen and oxygen atoms in total. The lowest BCUT2D eigenvalue weighted by atomic mass is 10.2. The maximum Gasteiger partial charge on any atom is 0.153 e. The fraction of sp³-hybridized carbons (Fsp3) is 0.538. The second-order valence-electron chi connectivity index (χ2n) is 4.26. The Morgan fingerprint density at radius 3 is 2.88 bits per heavy atom. The highest BCUT2D eigenvalue weighted by Crippen LogP contribution is 2.28. The molecule has 0 radical (unpaired) electrons. The summed E-state index contributed by atoms with van der Waals surface area (Å²) in [6, 6.07) is 4.22. The van der Waals surface area contributed by atoms with Crippen LogP contribution in [0.15, 0.2) is 18.3 Å². The summed E-state index contributed by atoms with van der Waals surface area (Å²) in [4.78, 5) is 17.6. The smallest absolute Gasteiger partial charge is 0.153 e. The minimum Gasteiger partial charge on any atom is -0.353 e. The summed E-state index contributed by atoms with van der Waals surface area (Å²) in [5.41, 5.74) is 0.705. The van der Waals surface area contributed by atoms with Crippen LogP contribution in [-0.2, 0) is 0 Å². The summed E-state index contributed by atoms with van der Waals surface area (Å²) in [5, 5.41) is 0. The van der Waals surface area contributed by atoms with E-state index in [1.54, 1.807) is 6.20 Å². The monoisotopic (exact) mass is 218 g/mol. The third-order valence-electron chi connectivity index (χ3n) is 3.32. The van der Waals surface area contributed by atoms with Crippen molar-refractivity contribution in [2.75, 3.05) is 11.4 Å². The van der Waals surface area contributed by atoms with Gasteiger partial charge in [-0.05, 0) is 31.9 Å². The first-order chi connectivity index (χ1) is 7.86. The summed E-state index contributed by atoms with van der Waals surface area (Å²) in [6.45, 7) is 3.05. The fourth-order valence-electron chi connectivity index (χ4n) is 2.54. The number of hydrogen-bond donors (Lipinski definition) is 0. The van der Waals surface area contributed by atoms with Crippen LogP contribution in [0.4, 0.5) is 5.82 Å². The van der Waals surface area contributed by atoms with Crippen molar-refractivity contribution in [1.29, 1.82) is 0 Å². The molecular weight excluding hydrogens is 200 g/mol. The molecule has 1 heterocycles. The van der Waals surface area contributed by atoms with Crippen LogP contribution in [0.2, 0.25) is 0 Å². The molecule has 86 valence electrons. The van der Waals surface area contributed by atoms with Crippen molar-refractivity contribution in [3.8, 4) is 0 Å². The van der Waals surface area contributed by atoms with Gasteiger partial charge in [0.15, 0.2) is 6.29 Å². The first-order valence-electron chi connectivity index (χ1n) is 6.03. The average molecular weight is 218 g/mol. The Balaban J connectivity index is 2.28. The lowest BCUT2D eigenvalue weighted by Gasteiger charge is -2.29. The molecule has 0 N–H and O–H groups in total. The Hall–Kier alpha value is -1.38. The van der Waals surface area contributed by atoms with Crippen LogP contribution in [-0.4, -0.2) is 23.9 Å². The van der Waals surface area contributed by atoms with Gasteiger partial charge in [0.2, 0.25) is 0 Å². The van der Waals surface area contributed by atoms with Gasteiger partial charge in [0.25, 0.3) is 0 Å². The van der Waals surface area contributed by atoms with Crippen LogP contribution in [0.1, 0.15) is 43.0 Å². The van der Waals surface area contributed by atoms with Gasteiger partial charge in [-0.15, -0.1) is 0 Å². The summed E-state index contributed by atoms with van der Waals surface area (Å²) in [7, 11) is 0. The van der Waals surface area contributed by atoms with Crippen LogP contribution in [0, 0.1) is 0 Å². The molecule has 0 atom stereocenters. The number of pyridine rings is 1. The number of aromatic nitrogens is 1. The van der Waals surface area contributed by atoms with E-state index < -0.39 is 0 Å². The van der Waals surface area contributed by atoms with E-state index in [2.05, 4.69) is 16.8 Å². The van der Waals surface area contributed by atoms with Gasteiger partial charge in [-0.25, -0.2) is 4.98 Å². The summed E-state index contributed by atoms with van der Waals surface area (Å²) in [6.07, 6.45) is 7.71. The number of hydrogen-bond acceptors (Lipinski definition) is 3. The Morgan fingerprint density at radius 1 is 1.50 bits per heavy atom. The molecule has 1 saturated carbocycles. The molecule has 1 aromatic rings. The highest BCUT2D eigenvalue weighted by atomic mass is 16.1. The maximum atomic E-state index is 11.0. The van der Waals surface area contributed by atoms with Gasteiger partial charge in [-0.3, -0.25) is 4.79 Å². The van der Waals surface area contributed by atoms with Crippen molar-refractivity contribution >= 4 is 12.1 Å². The van der Waals surface area contributed by atoms with Crippen LogP contribution in [0.25, 0.3) is 0 Å². The topological polar surface area (TPSA) is 33.2 Å². The SMILES string of the molecule is CCN(c1ncccc1C=O)C1CCCC1. The first kappa shape index (κ1) is 11.1. The molecule has 0 aliphatic heterocycles.